The molecule has 0 spiro atoms. The Hall–Kier alpha value is -3.60. The second-order valence-corrected chi connectivity index (χ2v) is 10.7. The number of allylic oxidation sites excluding steroid dienone is 4. The largest absolute Gasteiger partial charge is 0.481 e. The molecule has 0 aliphatic heterocycles. The minimum atomic E-state index is -0.875. The molecule has 1 aromatic heterocycles. The highest BCUT2D eigenvalue weighted by Crippen LogP contribution is 2.64. The lowest BCUT2D eigenvalue weighted by Gasteiger charge is -2.37. The van der Waals surface area contributed by atoms with Gasteiger partial charge in [-0.1, -0.05) is 84.0 Å². The number of nitrogens with zero attached hydrogens (tertiary/aromatic N) is 1. The van der Waals surface area contributed by atoms with Crippen molar-refractivity contribution >= 4 is 17.2 Å². The van der Waals surface area contributed by atoms with Crippen LogP contribution in [-0.2, 0) is 10.2 Å². The van der Waals surface area contributed by atoms with Gasteiger partial charge in [-0.3, -0.25) is 4.79 Å². The second-order valence-electron chi connectivity index (χ2n) is 10.7. The second kappa shape index (κ2) is 8.51. The van der Waals surface area contributed by atoms with Gasteiger partial charge in [-0.15, -0.1) is 0 Å². The van der Waals surface area contributed by atoms with Gasteiger partial charge in [0.25, 0.3) is 0 Å². The number of carboxylic acid groups (broad SMARTS) is 1. The Morgan fingerprint density at radius 2 is 1.81 bits per heavy atom. The topological polar surface area (TPSA) is 75.4 Å². The average Bonchev–Trinajstić information content (AvgIpc) is 3.83. The predicted octanol–water partition coefficient (Wildman–Crippen LogP) is 6.73. The van der Waals surface area contributed by atoms with Gasteiger partial charge in [0.2, 0.25) is 0 Å². The van der Waals surface area contributed by atoms with E-state index in [1.54, 1.807) is 0 Å². The van der Waals surface area contributed by atoms with Gasteiger partial charge in [0.1, 0.15) is 11.4 Å². The average molecular weight is 481 g/mol. The predicted molar refractivity (Wildman–Crippen MR) is 141 cm³/mol. The molecule has 5 nitrogen and oxygen atoms in total. The molecule has 3 aliphatic carbocycles. The van der Waals surface area contributed by atoms with E-state index in [-0.39, 0.29) is 6.04 Å². The smallest absolute Gasteiger partial charge is 0.311 e. The summed E-state index contributed by atoms with van der Waals surface area (Å²) in [5, 5.41) is 18.4. The van der Waals surface area contributed by atoms with Crippen molar-refractivity contribution in [2.75, 3.05) is 5.32 Å². The number of hydrogen-bond acceptors (Lipinski definition) is 4. The van der Waals surface area contributed by atoms with E-state index in [1.807, 2.05) is 25.1 Å². The molecular weight excluding hydrogens is 448 g/mol. The van der Waals surface area contributed by atoms with E-state index < -0.39 is 16.8 Å². The van der Waals surface area contributed by atoms with Crippen molar-refractivity contribution in [1.29, 1.82) is 0 Å². The standard InChI is InChI=1S/C31H32N2O3/c1-20(25-19-26(25)24-11-7-4-8-12-24)32-27-21(2)33-36-28(27)30(31(17-18-31)29(34)35)15-13-23(14-16-30)22-9-5-3-6-10-22/h3-15,20,25-26,32H,16-19H2,1-2H3,(H,34,35)/t20?,25-,26-,30?/m0/s1. The number of anilines is 1. The van der Waals surface area contributed by atoms with Crippen LogP contribution in [0.1, 0.15) is 61.1 Å². The summed E-state index contributed by atoms with van der Waals surface area (Å²) in [5.41, 5.74) is 3.60. The summed E-state index contributed by atoms with van der Waals surface area (Å²) < 4.78 is 6.01. The van der Waals surface area contributed by atoms with Gasteiger partial charge in [-0.05, 0) is 68.1 Å². The molecule has 3 aliphatic rings. The number of benzene rings is 2. The summed E-state index contributed by atoms with van der Waals surface area (Å²) in [5.74, 6) is 0.962. The van der Waals surface area contributed by atoms with E-state index in [1.165, 1.54) is 5.56 Å². The Morgan fingerprint density at radius 1 is 1.11 bits per heavy atom. The Labute approximate surface area is 211 Å². The first kappa shape index (κ1) is 22.8. The van der Waals surface area contributed by atoms with Gasteiger partial charge in [0.15, 0.2) is 5.76 Å². The summed E-state index contributed by atoms with van der Waals surface area (Å²) in [4.78, 5) is 12.6. The third-order valence-corrected chi connectivity index (χ3v) is 8.66. The zero-order chi connectivity index (χ0) is 24.9. The number of rotatable bonds is 8. The SMILES string of the molecule is Cc1noc(C2(C3(C(=O)O)CC3)C=CC(c3ccccc3)=CC2)c1NC(C)[C@@H]1C[C@H]1c1ccccc1. The van der Waals surface area contributed by atoms with E-state index in [4.69, 9.17) is 4.52 Å². The fraction of sp³-hybridized carbons (Fsp3) is 0.355. The molecule has 0 radical (unpaired) electrons. The molecule has 3 aromatic rings. The number of hydrogen-bond donors (Lipinski definition) is 2. The first-order valence-corrected chi connectivity index (χ1v) is 12.9. The van der Waals surface area contributed by atoms with Crippen molar-refractivity contribution in [3.63, 3.8) is 0 Å². The van der Waals surface area contributed by atoms with Gasteiger partial charge in [0.05, 0.1) is 10.8 Å². The van der Waals surface area contributed by atoms with E-state index >= 15 is 0 Å². The summed E-state index contributed by atoms with van der Waals surface area (Å²) in [6.45, 7) is 4.15. The zero-order valence-corrected chi connectivity index (χ0v) is 20.8. The van der Waals surface area contributed by atoms with Crippen LogP contribution in [0.2, 0.25) is 0 Å². The minimum Gasteiger partial charge on any atom is -0.481 e. The van der Waals surface area contributed by atoms with Crippen LogP contribution in [0.15, 0.2) is 83.4 Å². The van der Waals surface area contributed by atoms with Crippen LogP contribution in [0.3, 0.4) is 0 Å². The fourth-order valence-corrected chi connectivity index (χ4v) is 6.23. The molecule has 2 unspecified atom stereocenters. The molecule has 36 heavy (non-hydrogen) atoms. The number of aliphatic carboxylic acids is 1. The normalized spacial score (nSPS) is 26.7. The molecule has 5 heteroatoms. The molecule has 0 bridgehead atoms. The van der Waals surface area contributed by atoms with Gasteiger partial charge < -0.3 is 14.9 Å². The van der Waals surface area contributed by atoms with Crippen LogP contribution >= 0.6 is 0 Å². The van der Waals surface area contributed by atoms with E-state index in [2.05, 4.69) is 78.1 Å². The van der Waals surface area contributed by atoms with E-state index in [9.17, 15) is 9.90 Å². The van der Waals surface area contributed by atoms with Crippen LogP contribution in [0, 0.1) is 18.3 Å². The molecule has 184 valence electrons. The maximum Gasteiger partial charge on any atom is 0.311 e. The fourth-order valence-electron chi connectivity index (χ4n) is 6.23. The highest BCUT2D eigenvalue weighted by molar-refractivity contribution is 5.84. The Bertz CT molecular complexity index is 1340. The zero-order valence-electron chi connectivity index (χ0n) is 20.8. The van der Waals surface area contributed by atoms with Gasteiger partial charge in [-0.25, -0.2) is 0 Å². The lowest BCUT2D eigenvalue weighted by Crippen LogP contribution is -2.41. The van der Waals surface area contributed by atoms with Crippen LogP contribution < -0.4 is 5.32 Å². The first-order chi connectivity index (χ1) is 17.4. The monoisotopic (exact) mass is 480 g/mol. The summed E-state index contributed by atoms with van der Waals surface area (Å²) in [6.07, 6.45) is 9.29. The van der Waals surface area contributed by atoms with E-state index in [0.29, 0.717) is 36.9 Å². The third kappa shape index (κ3) is 3.60. The minimum absolute atomic E-state index is 0.215. The van der Waals surface area contributed by atoms with Crippen molar-refractivity contribution < 1.29 is 14.4 Å². The van der Waals surface area contributed by atoms with Crippen LogP contribution in [-0.4, -0.2) is 22.3 Å². The Balaban J connectivity index is 1.32. The Kier molecular flexibility index (Phi) is 5.40. The third-order valence-electron chi connectivity index (χ3n) is 8.66. The van der Waals surface area contributed by atoms with Gasteiger partial charge in [0, 0.05) is 6.04 Å². The molecule has 6 rings (SSSR count). The van der Waals surface area contributed by atoms with Crippen molar-refractivity contribution in [3.8, 4) is 0 Å². The number of nitrogens with one attached hydrogen (secondary N) is 1. The lowest BCUT2D eigenvalue weighted by atomic mass is 9.65. The quantitative estimate of drug-likeness (QED) is 0.374. The number of aryl methyl sites for hydroxylation is 1. The van der Waals surface area contributed by atoms with Crippen molar-refractivity contribution in [3.05, 3.63) is 101 Å². The molecule has 0 saturated heterocycles. The van der Waals surface area contributed by atoms with Crippen molar-refractivity contribution in [2.45, 2.75) is 56.9 Å². The molecular formula is C31H32N2O3. The van der Waals surface area contributed by atoms with E-state index in [0.717, 1.165) is 28.9 Å². The molecule has 0 amide bonds. The molecule has 2 saturated carbocycles. The van der Waals surface area contributed by atoms with Crippen LogP contribution in [0.25, 0.3) is 5.57 Å². The molecule has 4 atom stereocenters. The number of carboxylic acids is 1. The van der Waals surface area contributed by atoms with Crippen LogP contribution in [0.4, 0.5) is 5.69 Å². The van der Waals surface area contributed by atoms with Crippen molar-refractivity contribution in [2.24, 2.45) is 11.3 Å². The highest BCUT2D eigenvalue weighted by atomic mass is 16.5. The van der Waals surface area contributed by atoms with Gasteiger partial charge >= 0.3 is 5.97 Å². The number of carbonyl (C=O) groups is 1. The van der Waals surface area contributed by atoms with Crippen molar-refractivity contribution in [1.82, 2.24) is 5.16 Å². The molecule has 2 N–H and O–H groups in total. The molecule has 2 aromatic carbocycles. The number of aromatic nitrogens is 1. The molecule has 2 fully saturated rings. The lowest BCUT2D eigenvalue weighted by molar-refractivity contribution is -0.146. The Morgan fingerprint density at radius 3 is 2.42 bits per heavy atom. The summed E-state index contributed by atoms with van der Waals surface area (Å²) >= 11 is 0. The maximum absolute atomic E-state index is 12.6. The molecule has 1 heterocycles. The first-order valence-electron chi connectivity index (χ1n) is 12.9. The summed E-state index contributed by atoms with van der Waals surface area (Å²) in [6, 6.07) is 21.1. The van der Waals surface area contributed by atoms with Crippen LogP contribution in [0.5, 0.6) is 0 Å². The summed E-state index contributed by atoms with van der Waals surface area (Å²) in [7, 11) is 0. The highest BCUT2D eigenvalue weighted by Gasteiger charge is 2.66. The maximum atomic E-state index is 12.6. The van der Waals surface area contributed by atoms with Gasteiger partial charge in [-0.2, -0.15) is 0 Å².